The van der Waals surface area contributed by atoms with E-state index in [1.807, 2.05) is 0 Å². The summed E-state index contributed by atoms with van der Waals surface area (Å²) in [5, 5.41) is 6.73. The lowest BCUT2D eigenvalue weighted by molar-refractivity contribution is 0.0758. The van der Waals surface area contributed by atoms with E-state index in [-0.39, 0.29) is 0 Å². The fourth-order valence-corrected chi connectivity index (χ4v) is 1.29. The Morgan fingerprint density at radius 3 is 2.69 bits per heavy atom. The minimum Gasteiger partial charge on any atom is -0.379 e. The topological polar surface area (TPSA) is 33.3 Å². The first-order chi connectivity index (χ1) is 6.29. The van der Waals surface area contributed by atoms with Crippen molar-refractivity contribution >= 4 is 0 Å². The van der Waals surface area contributed by atoms with Gasteiger partial charge in [0.1, 0.15) is 0 Å². The van der Waals surface area contributed by atoms with E-state index in [1.165, 1.54) is 12.8 Å². The van der Waals surface area contributed by atoms with Crippen molar-refractivity contribution in [2.75, 3.05) is 26.2 Å². The quantitative estimate of drug-likeness (QED) is 0.576. The van der Waals surface area contributed by atoms with E-state index in [0.717, 1.165) is 32.3 Å². The minimum atomic E-state index is 0.379. The molecular weight excluding hydrogens is 164 g/mol. The molecule has 0 aromatic heterocycles. The number of nitrogens with one attached hydrogen (secondary N) is 2. The monoisotopic (exact) mass is 186 g/mol. The van der Waals surface area contributed by atoms with E-state index in [0.29, 0.717) is 6.10 Å². The Hall–Kier alpha value is -0.120. The Balaban J connectivity index is 1.73. The average molecular weight is 186 g/mol. The van der Waals surface area contributed by atoms with Gasteiger partial charge in [0.25, 0.3) is 0 Å². The summed E-state index contributed by atoms with van der Waals surface area (Å²) in [6.45, 7) is 8.48. The maximum atomic E-state index is 5.45. The van der Waals surface area contributed by atoms with E-state index in [9.17, 15) is 0 Å². The van der Waals surface area contributed by atoms with E-state index in [4.69, 9.17) is 4.74 Å². The Morgan fingerprint density at radius 2 is 2.15 bits per heavy atom. The first-order valence-corrected chi connectivity index (χ1v) is 5.34. The fraction of sp³-hybridized carbons (Fsp3) is 1.00. The first kappa shape index (κ1) is 11.0. The van der Waals surface area contributed by atoms with Gasteiger partial charge in [-0.15, -0.1) is 0 Å². The molecule has 78 valence electrons. The molecule has 0 saturated carbocycles. The highest BCUT2D eigenvalue weighted by Gasteiger charge is 2.14. The van der Waals surface area contributed by atoms with Crippen LogP contribution in [0.15, 0.2) is 0 Å². The molecule has 0 aromatic carbocycles. The molecule has 2 N–H and O–H groups in total. The zero-order valence-corrected chi connectivity index (χ0v) is 8.81. The Kier molecular flexibility index (Phi) is 5.35. The first-order valence-electron chi connectivity index (χ1n) is 5.34. The average Bonchev–Trinajstić information content (AvgIpc) is 1.99. The molecule has 0 bridgehead atoms. The van der Waals surface area contributed by atoms with Crippen LogP contribution in [0, 0.1) is 0 Å². The van der Waals surface area contributed by atoms with E-state index >= 15 is 0 Å². The van der Waals surface area contributed by atoms with Gasteiger partial charge in [-0.3, -0.25) is 0 Å². The van der Waals surface area contributed by atoms with Crippen LogP contribution in [0.5, 0.6) is 0 Å². The molecule has 0 amide bonds. The predicted octanol–water partition coefficient (Wildman–Crippen LogP) is 0.753. The van der Waals surface area contributed by atoms with Crippen molar-refractivity contribution in [3.8, 4) is 0 Å². The van der Waals surface area contributed by atoms with Gasteiger partial charge in [0.2, 0.25) is 0 Å². The molecule has 1 rings (SSSR count). The van der Waals surface area contributed by atoms with Crippen molar-refractivity contribution < 1.29 is 4.74 Å². The summed E-state index contributed by atoms with van der Waals surface area (Å²) in [4.78, 5) is 0. The number of ether oxygens (including phenoxy) is 1. The molecule has 0 radical (unpaired) electrons. The van der Waals surface area contributed by atoms with Crippen LogP contribution in [-0.2, 0) is 4.74 Å². The summed E-state index contributed by atoms with van der Waals surface area (Å²) >= 11 is 0. The molecule has 0 spiro atoms. The maximum absolute atomic E-state index is 5.45. The lowest BCUT2D eigenvalue weighted by Crippen LogP contribution is -2.55. The molecule has 1 fully saturated rings. The van der Waals surface area contributed by atoms with Gasteiger partial charge in [-0.05, 0) is 33.2 Å². The molecule has 0 aliphatic carbocycles. The summed E-state index contributed by atoms with van der Waals surface area (Å²) < 4.78 is 5.45. The molecule has 3 nitrogen and oxygen atoms in total. The lowest BCUT2D eigenvalue weighted by atomic mass is 10.2. The third-order valence-electron chi connectivity index (χ3n) is 2.24. The molecular formula is C10H22N2O. The maximum Gasteiger partial charge on any atom is 0.0518 e. The summed E-state index contributed by atoms with van der Waals surface area (Å²) in [6, 6.07) is 0.728. The van der Waals surface area contributed by atoms with Gasteiger partial charge in [0.15, 0.2) is 0 Å². The number of hydrogen-bond acceptors (Lipinski definition) is 3. The smallest absolute Gasteiger partial charge is 0.0518 e. The third-order valence-corrected chi connectivity index (χ3v) is 2.24. The SMILES string of the molecule is CC(C)OCCCCNC1CNC1. The third kappa shape index (κ3) is 5.24. The van der Waals surface area contributed by atoms with E-state index < -0.39 is 0 Å². The molecule has 1 heterocycles. The van der Waals surface area contributed by atoms with Gasteiger partial charge < -0.3 is 15.4 Å². The molecule has 0 atom stereocenters. The van der Waals surface area contributed by atoms with Crippen LogP contribution >= 0.6 is 0 Å². The van der Waals surface area contributed by atoms with Crippen LogP contribution in [0.1, 0.15) is 26.7 Å². The Morgan fingerprint density at radius 1 is 1.38 bits per heavy atom. The van der Waals surface area contributed by atoms with Crippen molar-refractivity contribution in [1.29, 1.82) is 0 Å². The van der Waals surface area contributed by atoms with Gasteiger partial charge in [0.05, 0.1) is 6.10 Å². The number of rotatable bonds is 7. The second-order valence-electron chi connectivity index (χ2n) is 3.94. The highest BCUT2D eigenvalue weighted by molar-refractivity contribution is 4.80. The summed E-state index contributed by atoms with van der Waals surface area (Å²) in [7, 11) is 0. The highest BCUT2D eigenvalue weighted by Crippen LogP contribution is 1.95. The highest BCUT2D eigenvalue weighted by atomic mass is 16.5. The van der Waals surface area contributed by atoms with Crippen LogP contribution in [0.3, 0.4) is 0 Å². The summed E-state index contributed by atoms with van der Waals surface area (Å²) in [5.74, 6) is 0. The standard InChI is InChI=1S/C10H22N2O/c1-9(2)13-6-4-3-5-12-10-7-11-8-10/h9-12H,3-8H2,1-2H3. The molecule has 1 aliphatic rings. The number of hydrogen-bond donors (Lipinski definition) is 2. The molecule has 0 aromatic rings. The molecule has 3 heteroatoms. The van der Waals surface area contributed by atoms with Crippen molar-refractivity contribution in [3.05, 3.63) is 0 Å². The summed E-state index contributed by atoms with van der Waals surface area (Å²) in [5.41, 5.74) is 0. The van der Waals surface area contributed by atoms with E-state index in [1.54, 1.807) is 0 Å². The largest absolute Gasteiger partial charge is 0.379 e. The van der Waals surface area contributed by atoms with Crippen LogP contribution in [0.4, 0.5) is 0 Å². The predicted molar refractivity (Wildman–Crippen MR) is 55.0 cm³/mol. The van der Waals surface area contributed by atoms with E-state index in [2.05, 4.69) is 24.5 Å². The Bertz CT molecular complexity index is 124. The zero-order chi connectivity index (χ0) is 9.52. The zero-order valence-electron chi connectivity index (χ0n) is 8.81. The van der Waals surface area contributed by atoms with Crippen LogP contribution in [0.25, 0.3) is 0 Å². The van der Waals surface area contributed by atoms with Crippen molar-refractivity contribution in [1.82, 2.24) is 10.6 Å². The van der Waals surface area contributed by atoms with Crippen molar-refractivity contribution in [3.63, 3.8) is 0 Å². The second kappa shape index (κ2) is 6.35. The van der Waals surface area contributed by atoms with Gasteiger partial charge >= 0.3 is 0 Å². The molecule has 1 aliphatic heterocycles. The van der Waals surface area contributed by atoms with Gasteiger partial charge in [-0.2, -0.15) is 0 Å². The molecule has 0 unspecified atom stereocenters. The molecule has 1 saturated heterocycles. The van der Waals surface area contributed by atoms with Gasteiger partial charge in [-0.25, -0.2) is 0 Å². The lowest BCUT2D eigenvalue weighted by Gasteiger charge is -2.28. The number of unbranched alkanes of at least 4 members (excludes halogenated alkanes) is 1. The van der Waals surface area contributed by atoms with Crippen molar-refractivity contribution in [2.24, 2.45) is 0 Å². The van der Waals surface area contributed by atoms with Crippen molar-refractivity contribution in [2.45, 2.75) is 38.8 Å². The minimum absolute atomic E-state index is 0.379. The fourth-order valence-electron chi connectivity index (χ4n) is 1.29. The van der Waals surface area contributed by atoms with Crippen LogP contribution < -0.4 is 10.6 Å². The van der Waals surface area contributed by atoms with Gasteiger partial charge in [-0.1, -0.05) is 0 Å². The van der Waals surface area contributed by atoms with Crippen LogP contribution in [0.2, 0.25) is 0 Å². The normalized spacial score (nSPS) is 17.8. The Labute approximate surface area is 81.2 Å². The van der Waals surface area contributed by atoms with Crippen LogP contribution in [-0.4, -0.2) is 38.4 Å². The molecule has 13 heavy (non-hydrogen) atoms. The van der Waals surface area contributed by atoms with Gasteiger partial charge in [0, 0.05) is 25.7 Å². The summed E-state index contributed by atoms with van der Waals surface area (Å²) in [6.07, 6.45) is 2.78. The second-order valence-corrected chi connectivity index (χ2v) is 3.94.